The average molecular weight is 376 g/mol. The summed E-state index contributed by atoms with van der Waals surface area (Å²) in [7, 11) is 0. The van der Waals surface area contributed by atoms with Gasteiger partial charge in [-0.05, 0) is 34.1 Å². The van der Waals surface area contributed by atoms with Crippen LogP contribution in [0.5, 0.6) is 0 Å². The second-order valence-electron chi connectivity index (χ2n) is 3.65. The lowest BCUT2D eigenvalue weighted by Crippen LogP contribution is -1.95. The third-order valence-corrected chi connectivity index (χ3v) is 3.97. The van der Waals surface area contributed by atoms with Crippen molar-refractivity contribution in [2.45, 2.75) is 0 Å². The van der Waals surface area contributed by atoms with Crippen molar-refractivity contribution >= 4 is 73.4 Å². The molecule has 0 unspecified atom stereocenters. The minimum Gasteiger partial charge on any atom is -0.337 e. The zero-order valence-electron chi connectivity index (χ0n) is 9.19. The minimum absolute atomic E-state index is 0.479. The number of nitrogens with zero attached hydrogens (tertiary/aromatic N) is 3. The Bertz CT molecular complexity index is 762. The number of halogens is 3. The predicted octanol–water partition coefficient (Wildman–Crippen LogP) is 4.90. The summed E-state index contributed by atoms with van der Waals surface area (Å²) in [6, 6.07) is 7.20. The summed E-state index contributed by atoms with van der Waals surface area (Å²) in [6.07, 6.45) is 0. The maximum atomic E-state index is 6.21. The van der Waals surface area contributed by atoms with Crippen molar-refractivity contribution in [2.75, 3.05) is 5.32 Å². The van der Waals surface area contributed by atoms with E-state index in [1.807, 2.05) is 18.2 Å². The quantitative estimate of drug-likeness (QED) is 0.647. The monoisotopic (exact) mass is 374 g/mol. The first-order valence-corrected chi connectivity index (χ1v) is 7.43. The molecule has 0 aliphatic heterocycles. The van der Waals surface area contributed by atoms with Crippen LogP contribution in [0.2, 0.25) is 10.0 Å². The van der Waals surface area contributed by atoms with Crippen LogP contribution in [0.15, 0.2) is 28.9 Å². The Morgan fingerprint density at radius 2 is 1.89 bits per heavy atom. The number of hydrogen-bond donors (Lipinski definition) is 1. The predicted molar refractivity (Wildman–Crippen MR) is 82.7 cm³/mol. The molecule has 19 heavy (non-hydrogen) atoms. The highest BCUT2D eigenvalue weighted by Crippen LogP contribution is 2.36. The van der Waals surface area contributed by atoms with E-state index in [2.05, 4.69) is 35.0 Å². The van der Waals surface area contributed by atoms with E-state index in [0.717, 1.165) is 16.3 Å². The molecule has 0 aliphatic rings. The van der Waals surface area contributed by atoms with Crippen LogP contribution < -0.4 is 5.32 Å². The van der Waals surface area contributed by atoms with Crippen molar-refractivity contribution in [1.29, 1.82) is 0 Å². The number of nitrogens with one attached hydrogen (secondary N) is 1. The van der Waals surface area contributed by atoms with E-state index in [1.54, 1.807) is 6.07 Å². The third-order valence-electron chi connectivity index (χ3n) is 2.41. The normalized spacial score (nSPS) is 10.9. The van der Waals surface area contributed by atoms with Crippen molar-refractivity contribution in [3.05, 3.63) is 38.9 Å². The summed E-state index contributed by atoms with van der Waals surface area (Å²) in [5.74, 6) is 0.660. The topological polar surface area (TPSA) is 50.7 Å². The molecule has 3 aromatic rings. The lowest BCUT2D eigenvalue weighted by molar-refractivity contribution is 1.27. The number of fused-ring (bicyclic) bond motifs is 1. The van der Waals surface area contributed by atoms with Gasteiger partial charge in [0, 0.05) is 0 Å². The van der Waals surface area contributed by atoms with Crippen molar-refractivity contribution < 1.29 is 0 Å². The van der Waals surface area contributed by atoms with E-state index in [1.165, 1.54) is 0 Å². The number of pyridine rings is 1. The number of benzene rings is 1. The molecule has 1 aromatic carbocycles. The second-order valence-corrected chi connectivity index (χ2v) is 5.80. The van der Waals surface area contributed by atoms with Gasteiger partial charge in [0.15, 0.2) is 0 Å². The Balaban J connectivity index is 2.12. The van der Waals surface area contributed by atoms with Gasteiger partial charge in [-0.3, -0.25) is 0 Å². The first-order chi connectivity index (χ1) is 9.15. The fourth-order valence-corrected chi connectivity index (χ4v) is 3.10. The standard InChI is InChI=1S/C11H5BrCl2N4S/c12-7-2-1-3-8(15-7)16-9-5(13)4-6(14)10-11(9)18-19-17-10/h1-4H,(H,15,16). The van der Waals surface area contributed by atoms with Gasteiger partial charge >= 0.3 is 0 Å². The molecule has 2 aromatic heterocycles. The highest BCUT2D eigenvalue weighted by molar-refractivity contribution is 9.10. The van der Waals surface area contributed by atoms with Gasteiger partial charge in [0.05, 0.1) is 27.5 Å². The largest absolute Gasteiger partial charge is 0.337 e. The lowest BCUT2D eigenvalue weighted by Gasteiger charge is -2.09. The van der Waals surface area contributed by atoms with Crippen LogP contribution in [0.1, 0.15) is 0 Å². The highest BCUT2D eigenvalue weighted by atomic mass is 79.9. The molecule has 0 radical (unpaired) electrons. The van der Waals surface area contributed by atoms with Gasteiger partial charge in [0.2, 0.25) is 0 Å². The summed E-state index contributed by atoms with van der Waals surface area (Å²) in [5.41, 5.74) is 1.93. The fraction of sp³-hybridized carbons (Fsp3) is 0. The molecule has 1 N–H and O–H groups in total. The van der Waals surface area contributed by atoms with Crippen molar-refractivity contribution in [3.63, 3.8) is 0 Å². The van der Waals surface area contributed by atoms with Crippen LogP contribution in [0, 0.1) is 0 Å². The van der Waals surface area contributed by atoms with Crippen molar-refractivity contribution in [1.82, 2.24) is 13.7 Å². The fourth-order valence-electron chi connectivity index (χ4n) is 1.60. The van der Waals surface area contributed by atoms with Crippen LogP contribution in [0.25, 0.3) is 11.0 Å². The Morgan fingerprint density at radius 1 is 1.11 bits per heavy atom. The first-order valence-electron chi connectivity index (χ1n) is 5.15. The van der Waals surface area contributed by atoms with Crippen molar-refractivity contribution in [2.24, 2.45) is 0 Å². The molecule has 0 aliphatic carbocycles. The molecule has 0 spiro atoms. The summed E-state index contributed by atoms with van der Waals surface area (Å²) < 4.78 is 9.10. The van der Waals surface area contributed by atoms with E-state index < -0.39 is 0 Å². The van der Waals surface area contributed by atoms with Crippen molar-refractivity contribution in [3.8, 4) is 0 Å². The summed E-state index contributed by atoms with van der Waals surface area (Å²) in [5, 5.41) is 4.11. The molecule has 0 bridgehead atoms. The Kier molecular flexibility index (Phi) is 3.58. The van der Waals surface area contributed by atoms with Gasteiger partial charge in [-0.1, -0.05) is 29.3 Å². The van der Waals surface area contributed by atoms with Crippen LogP contribution in [-0.2, 0) is 0 Å². The minimum atomic E-state index is 0.479. The van der Waals surface area contributed by atoms with Gasteiger partial charge in [0.1, 0.15) is 21.5 Å². The number of anilines is 2. The molecule has 0 saturated heterocycles. The molecule has 4 nitrogen and oxygen atoms in total. The van der Waals surface area contributed by atoms with E-state index in [9.17, 15) is 0 Å². The number of rotatable bonds is 2. The Labute approximate surface area is 131 Å². The van der Waals surface area contributed by atoms with E-state index >= 15 is 0 Å². The van der Waals surface area contributed by atoms with E-state index in [-0.39, 0.29) is 0 Å². The van der Waals surface area contributed by atoms with Gasteiger partial charge in [0.25, 0.3) is 0 Å². The molecule has 8 heteroatoms. The maximum absolute atomic E-state index is 6.21. The molecule has 0 saturated carbocycles. The zero-order valence-corrected chi connectivity index (χ0v) is 13.1. The first kappa shape index (κ1) is 13.1. The Hall–Kier alpha value is -0.950. The smallest absolute Gasteiger partial charge is 0.131 e. The van der Waals surface area contributed by atoms with Gasteiger partial charge in [-0.2, -0.15) is 8.75 Å². The van der Waals surface area contributed by atoms with Crippen LogP contribution in [0.4, 0.5) is 11.5 Å². The number of aromatic nitrogens is 3. The SMILES string of the molecule is Clc1cc(Cl)c2nsnc2c1Nc1cccc(Br)n1. The van der Waals surface area contributed by atoms with Crippen LogP contribution in [0.3, 0.4) is 0 Å². The third kappa shape index (κ3) is 2.53. The molecular weight excluding hydrogens is 371 g/mol. The summed E-state index contributed by atoms with van der Waals surface area (Å²) in [6.45, 7) is 0. The van der Waals surface area contributed by atoms with Gasteiger partial charge in [-0.25, -0.2) is 4.98 Å². The van der Waals surface area contributed by atoms with Gasteiger partial charge < -0.3 is 5.32 Å². The highest BCUT2D eigenvalue weighted by Gasteiger charge is 2.14. The van der Waals surface area contributed by atoms with E-state index in [0.29, 0.717) is 32.6 Å². The average Bonchev–Trinajstić information content (AvgIpc) is 2.84. The molecule has 3 rings (SSSR count). The summed E-state index contributed by atoms with van der Waals surface area (Å²) >= 11 is 16.7. The van der Waals surface area contributed by atoms with Crippen LogP contribution in [-0.4, -0.2) is 13.7 Å². The molecule has 0 atom stereocenters. The maximum Gasteiger partial charge on any atom is 0.131 e. The molecule has 2 heterocycles. The summed E-state index contributed by atoms with van der Waals surface area (Å²) in [4.78, 5) is 4.29. The van der Waals surface area contributed by atoms with Gasteiger partial charge in [-0.15, -0.1) is 0 Å². The second kappa shape index (κ2) is 5.20. The van der Waals surface area contributed by atoms with E-state index in [4.69, 9.17) is 23.2 Å². The lowest BCUT2D eigenvalue weighted by atomic mass is 10.2. The van der Waals surface area contributed by atoms with Crippen LogP contribution >= 0.6 is 50.9 Å². The molecule has 96 valence electrons. The Morgan fingerprint density at radius 3 is 2.68 bits per heavy atom. The number of hydrogen-bond acceptors (Lipinski definition) is 5. The molecule has 0 fully saturated rings. The molecule has 0 amide bonds. The molecular formula is C11H5BrCl2N4S. The zero-order chi connectivity index (χ0) is 13.4.